The summed E-state index contributed by atoms with van der Waals surface area (Å²) < 4.78 is 1.08. The fourth-order valence-electron chi connectivity index (χ4n) is 3.66. The molecule has 2 aliphatic rings. The lowest BCUT2D eigenvalue weighted by molar-refractivity contribution is -0.122. The van der Waals surface area contributed by atoms with E-state index in [1.54, 1.807) is 0 Å². The number of aryl methyl sites for hydroxylation is 3. The van der Waals surface area contributed by atoms with Crippen LogP contribution in [0.1, 0.15) is 52.7 Å². The van der Waals surface area contributed by atoms with Gasteiger partial charge in [0.2, 0.25) is 5.91 Å². The molecule has 1 fully saturated rings. The molecule has 1 heterocycles. The van der Waals surface area contributed by atoms with Crippen LogP contribution in [0.15, 0.2) is 28.7 Å². The Hall–Kier alpha value is -1.20. The summed E-state index contributed by atoms with van der Waals surface area (Å²) in [5.41, 5.74) is 2.61. The predicted octanol–water partition coefficient (Wildman–Crippen LogP) is 4.64. The maximum absolute atomic E-state index is 12.3. The van der Waals surface area contributed by atoms with Crippen molar-refractivity contribution in [3.63, 3.8) is 0 Å². The average molecular weight is 419 g/mol. The summed E-state index contributed by atoms with van der Waals surface area (Å²) in [6.45, 7) is 0.757. The van der Waals surface area contributed by atoms with Gasteiger partial charge in [0.05, 0.1) is 10.7 Å². The molecule has 132 valence electrons. The third kappa shape index (κ3) is 4.14. The van der Waals surface area contributed by atoms with E-state index < -0.39 is 0 Å². The number of hydrogen-bond acceptors (Lipinski definition) is 3. The zero-order chi connectivity index (χ0) is 17.2. The summed E-state index contributed by atoms with van der Waals surface area (Å²) >= 11 is 5.34. The average Bonchev–Trinajstić information content (AvgIpc) is 3.31. The summed E-state index contributed by atoms with van der Waals surface area (Å²) in [6.07, 6.45) is 7.91. The second-order valence-electron chi connectivity index (χ2n) is 7.08. The number of nitrogens with zero attached hydrogens (tertiary/aromatic N) is 1. The van der Waals surface area contributed by atoms with E-state index in [2.05, 4.69) is 45.5 Å². The summed E-state index contributed by atoms with van der Waals surface area (Å²) in [6, 6.07) is 8.34. The van der Waals surface area contributed by atoms with Crippen LogP contribution in [0.5, 0.6) is 0 Å². The van der Waals surface area contributed by atoms with Gasteiger partial charge in [-0.1, -0.05) is 28.1 Å². The number of carbonyl (C=O) groups excluding carboxylic acids is 1. The molecule has 1 aromatic carbocycles. The minimum atomic E-state index is 0.161. The second-order valence-corrected chi connectivity index (χ2v) is 9.16. The minimum Gasteiger partial charge on any atom is -0.356 e. The van der Waals surface area contributed by atoms with Crippen molar-refractivity contribution in [3.05, 3.63) is 49.9 Å². The molecule has 2 aliphatic carbocycles. The van der Waals surface area contributed by atoms with Gasteiger partial charge in [-0.2, -0.15) is 0 Å². The van der Waals surface area contributed by atoms with E-state index in [4.69, 9.17) is 4.98 Å². The number of thiazole rings is 1. The first-order valence-corrected chi connectivity index (χ1v) is 10.8. The Morgan fingerprint density at radius 2 is 2.04 bits per heavy atom. The van der Waals surface area contributed by atoms with Gasteiger partial charge in [0.15, 0.2) is 0 Å². The van der Waals surface area contributed by atoms with Gasteiger partial charge in [-0.3, -0.25) is 4.79 Å². The molecule has 2 atom stereocenters. The normalized spacial score (nSPS) is 21.6. The molecule has 1 aromatic heterocycles. The standard InChI is InChI=1S/C20H23BrN2OS/c21-14-9-7-13(8-10-14)15-12-16(15)20(24)22-11-3-6-19-23-17-4-1-2-5-18(17)25-19/h7-10,15-16H,1-6,11-12H2,(H,22,24). The number of benzene rings is 1. The van der Waals surface area contributed by atoms with E-state index in [1.807, 2.05) is 11.3 Å². The Labute approximate surface area is 161 Å². The van der Waals surface area contributed by atoms with Crippen LogP contribution in [-0.4, -0.2) is 17.4 Å². The van der Waals surface area contributed by atoms with E-state index in [1.165, 1.54) is 40.4 Å². The van der Waals surface area contributed by atoms with Crippen molar-refractivity contribution in [1.82, 2.24) is 10.3 Å². The Morgan fingerprint density at radius 1 is 1.24 bits per heavy atom. The van der Waals surface area contributed by atoms with Crippen LogP contribution in [0.25, 0.3) is 0 Å². The van der Waals surface area contributed by atoms with Crippen molar-refractivity contribution < 1.29 is 4.79 Å². The number of nitrogens with one attached hydrogen (secondary N) is 1. The van der Waals surface area contributed by atoms with Gasteiger partial charge in [0.25, 0.3) is 0 Å². The highest BCUT2D eigenvalue weighted by Gasteiger charge is 2.43. The number of aromatic nitrogens is 1. The van der Waals surface area contributed by atoms with Gasteiger partial charge < -0.3 is 5.32 Å². The zero-order valence-electron chi connectivity index (χ0n) is 14.3. The number of halogens is 1. The molecule has 1 amide bonds. The summed E-state index contributed by atoms with van der Waals surface area (Å²) in [5.74, 6) is 0.776. The molecule has 2 unspecified atom stereocenters. The Morgan fingerprint density at radius 3 is 2.84 bits per heavy atom. The zero-order valence-corrected chi connectivity index (χ0v) is 16.7. The molecule has 0 spiro atoms. The van der Waals surface area contributed by atoms with Gasteiger partial charge in [0, 0.05) is 28.2 Å². The minimum absolute atomic E-state index is 0.161. The van der Waals surface area contributed by atoms with E-state index in [0.717, 1.165) is 36.7 Å². The van der Waals surface area contributed by atoms with Crippen LogP contribution in [0, 0.1) is 5.92 Å². The van der Waals surface area contributed by atoms with Crippen LogP contribution >= 0.6 is 27.3 Å². The molecule has 0 radical (unpaired) electrons. The maximum Gasteiger partial charge on any atom is 0.223 e. The Balaban J connectivity index is 1.20. The number of carbonyl (C=O) groups is 1. The molecular weight excluding hydrogens is 396 g/mol. The molecule has 0 bridgehead atoms. The molecule has 1 saturated carbocycles. The molecule has 1 N–H and O–H groups in total. The summed E-state index contributed by atoms with van der Waals surface area (Å²) in [7, 11) is 0. The molecule has 3 nitrogen and oxygen atoms in total. The smallest absolute Gasteiger partial charge is 0.223 e. The third-order valence-corrected chi connectivity index (χ3v) is 6.93. The highest BCUT2D eigenvalue weighted by molar-refractivity contribution is 9.10. The predicted molar refractivity (Wildman–Crippen MR) is 105 cm³/mol. The molecule has 0 saturated heterocycles. The van der Waals surface area contributed by atoms with Crippen LogP contribution < -0.4 is 5.32 Å². The lowest BCUT2D eigenvalue weighted by atomic mass is 10.0. The first-order chi connectivity index (χ1) is 12.2. The van der Waals surface area contributed by atoms with Crippen molar-refractivity contribution in [3.8, 4) is 0 Å². The monoisotopic (exact) mass is 418 g/mol. The van der Waals surface area contributed by atoms with E-state index in [0.29, 0.717) is 5.92 Å². The topological polar surface area (TPSA) is 42.0 Å². The number of fused-ring (bicyclic) bond motifs is 1. The third-order valence-electron chi connectivity index (χ3n) is 5.18. The van der Waals surface area contributed by atoms with Gasteiger partial charge in [-0.05, 0) is 62.1 Å². The van der Waals surface area contributed by atoms with Crippen molar-refractivity contribution >= 4 is 33.2 Å². The fourth-order valence-corrected chi connectivity index (χ4v) is 5.12. The lowest BCUT2D eigenvalue weighted by Gasteiger charge is -2.06. The summed E-state index contributed by atoms with van der Waals surface area (Å²) in [5, 5.41) is 4.37. The molecular formula is C20H23BrN2OS. The largest absolute Gasteiger partial charge is 0.356 e. The van der Waals surface area contributed by atoms with Gasteiger partial charge in [-0.15, -0.1) is 11.3 Å². The Kier molecular flexibility index (Phi) is 5.23. The highest BCUT2D eigenvalue weighted by Crippen LogP contribution is 2.47. The van der Waals surface area contributed by atoms with Crippen LogP contribution in [-0.2, 0) is 24.1 Å². The molecule has 0 aliphatic heterocycles. The van der Waals surface area contributed by atoms with Crippen molar-refractivity contribution in [2.45, 2.75) is 50.9 Å². The van der Waals surface area contributed by atoms with E-state index >= 15 is 0 Å². The maximum atomic E-state index is 12.3. The number of amides is 1. The van der Waals surface area contributed by atoms with E-state index in [-0.39, 0.29) is 11.8 Å². The number of hydrogen-bond donors (Lipinski definition) is 1. The van der Waals surface area contributed by atoms with Gasteiger partial charge in [0.1, 0.15) is 0 Å². The second kappa shape index (κ2) is 7.58. The van der Waals surface area contributed by atoms with Gasteiger partial charge in [-0.25, -0.2) is 4.98 Å². The summed E-state index contributed by atoms with van der Waals surface area (Å²) in [4.78, 5) is 18.6. The molecule has 4 rings (SSSR count). The molecule has 2 aromatic rings. The Bertz CT molecular complexity index is 732. The molecule has 5 heteroatoms. The van der Waals surface area contributed by atoms with Crippen molar-refractivity contribution in [1.29, 1.82) is 0 Å². The van der Waals surface area contributed by atoms with Crippen LogP contribution in [0.4, 0.5) is 0 Å². The first kappa shape index (κ1) is 17.2. The van der Waals surface area contributed by atoms with Crippen molar-refractivity contribution in [2.75, 3.05) is 6.54 Å². The quantitative estimate of drug-likeness (QED) is 0.694. The highest BCUT2D eigenvalue weighted by atomic mass is 79.9. The lowest BCUT2D eigenvalue weighted by Crippen LogP contribution is -2.26. The van der Waals surface area contributed by atoms with Crippen LogP contribution in [0.2, 0.25) is 0 Å². The van der Waals surface area contributed by atoms with Crippen LogP contribution in [0.3, 0.4) is 0 Å². The first-order valence-electron chi connectivity index (χ1n) is 9.21. The fraction of sp³-hybridized carbons (Fsp3) is 0.500. The van der Waals surface area contributed by atoms with Gasteiger partial charge >= 0.3 is 0 Å². The van der Waals surface area contributed by atoms with Crippen molar-refractivity contribution in [2.24, 2.45) is 5.92 Å². The molecule has 25 heavy (non-hydrogen) atoms. The van der Waals surface area contributed by atoms with E-state index in [9.17, 15) is 4.79 Å². The number of rotatable bonds is 6. The SMILES string of the molecule is O=C(NCCCc1nc2c(s1)CCCC2)C1CC1c1ccc(Br)cc1.